The maximum atomic E-state index is 5.39. The predicted molar refractivity (Wildman–Crippen MR) is 105 cm³/mol. The van der Waals surface area contributed by atoms with Crippen LogP contribution in [0.4, 0.5) is 5.69 Å². The molecule has 0 aliphatic carbocycles. The molecule has 6 nitrogen and oxygen atoms in total. The highest BCUT2D eigenvalue weighted by Gasteiger charge is 2.18. The molecule has 0 amide bonds. The van der Waals surface area contributed by atoms with Crippen LogP contribution in [0.2, 0.25) is 0 Å². The number of nitrogens with zero attached hydrogens (tertiary/aromatic N) is 3. The van der Waals surface area contributed by atoms with Crippen LogP contribution in [0.5, 0.6) is 11.5 Å². The number of methoxy groups -OCH3 is 2. The first kappa shape index (κ1) is 16.8. The third kappa shape index (κ3) is 3.37. The van der Waals surface area contributed by atoms with Gasteiger partial charge in [0.1, 0.15) is 17.2 Å². The van der Waals surface area contributed by atoms with Crippen molar-refractivity contribution >= 4 is 17.2 Å². The minimum atomic E-state index is 0.660. The number of nitrogens with one attached hydrogen (secondary N) is 1. The molecular weight excluding hydrogens is 340 g/mol. The maximum absolute atomic E-state index is 5.39. The zero-order valence-corrected chi connectivity index (χ0v) is 15.0. The van der Waals surface area contributed by atoms with Crippen molar-refractivity contribution in [3.8, 4) is 11.5 Å². The SMILES string of the molecule is COc1ccc(C2=Nc3ccc(OC)cc3C(c3ccncc3)=NN2)cc1. The van der Waals surface area contributed by atoms with Crippen LogP contribution >= 0.6 is 0 Å². The Bertz CT molecular complexity index is 1010. The van der Waals surface area contributed by atoms with Gasteiger partial charge in [0.25, 0.3) is 0 Å². The lowest BCUT2D eigenvalue weighted by Gasteiger charge is -2.09. The summed E-state index contributed by atoms with van der Waals surface area (Å²) in [6, 6.07) is 17.3. The number of aromatic nitrogens is 1. The summed E-state index contributed by atoms with van der Waals surface area (Å²) in [5.41, 5.74) is 7.43. The van der Waals surface area contributed by atoms with Gasteiger partial charge >= 0.3 is 0 Å². The molecule has 2 aromatic carbocycles. The van der Waals surface area contributed by atoms with Gasteiger partial charge in [-0.15, -0.1) is 0 Å². The van der Waals surface area contributed by atoms with Gasteiger partial charge in [-0.25, -0.2) is 4.99 Å². The van der Waals surface area contributed by atoms with E-state index in [9.17, 15) is 0 Å². The van der Waals surface area contributed by atoms with Crippen LogP contribution in [0.3, 0.4) is 0 Å². The fraction of sp³-hybridized carbons (Fsp3) is 0.0952. The fourth-order valence-electron chi connectivity index (χ4n) is 2.85. The van der Waals surface area contributed by atoms with Crippen molar-refractivity contribution in [2.24, 2.45) is 10.1 Å². The fourth-order valence-corrected chi connectivity index (χ4v) is 2.85. The summed E-state index contributed by atoms with van der Waals surface area (Å²) in [4.78, 5) is 8.89. The highest BCUT2D eigenvalue weighted by molar-refractivity contribution is 6.18. The third-order valence-corrected chi connectivity index (χ3v) is 4.28. The third-order valence-electron chi connectivity index (χ3n) is 4.28. The molecular formula is C21H18N4O2. The number of hydrogen-bond acceptors (Lipinski definition) is 6. The van der Waals surface area contributed by atoms with E-state index in [1.54, 1.807) is 26.6 Å². The molecule has 1 aliphatic rings. The van der Waals surface area contributed by atoms with Crippen LogP contribution in [-0.4, -0.2) is 30.8 Å². The molecule has 0 saturated heterocycles. The smallest absolute Gasteiger partial charge is 0.154 e. The van der Waals surface area contributed by atoms with E-state index in [0.717, 1.165) is 39.6 Å². The lowest BCUT2D eigenvalue weighted by molar-refractivity contribution is 0.414. The molecule has 6 heteroatoms. The molecule has 0 spiro atoms. The van der Waals surface area contributed by atoms with Crippen LogP contribution < -0.4 is 14.9 Å². The number of amidine groups is 1. The van der Waals surface area contributed by atoms with Crippen LogP contribution in [0.15, 0.2) is 77.1 Å². The van der Waals surface area contributed by atoms with E-state index in [1.807, 2.05) is 54.6 Å². The van der Waals surface area contributed by atoms with E-state index in [1.165, 1.54) is 0 Å². The minimum Gasteiger partial charge on any atom is -0.497 e. The normalized spacial score (nSPS) is 12.8. The Labute approximate surface area is 157 Å². The second kappa shape index (κ2) is 7.29. The van der Waals surface area contributed by atoms with Gasteiger partial charge in [-0.05, 0) is 54.6 Å². The molecule has 0 atom stereocenters. The van der Waals surface area contributed by atoms with Crippen LogP contribution in [0, 0.1) is 0 Å². The first-order chi connectivity index (χ1) is 13.3. The van der Waals surface area contributed by atoms with Gasteiger partial charge in [0.2, 0.25) is 0 Å². The van der Waals surface area contributed by atoms with E-state index in [2.05, 4.69) is 15.5 Å². The van der Waals surface area contributed by atoms with Gasteiger partial charge in [0.15, 0.2) is 5.84 Å². The van der Waals surface area contributed by atoms with Crippen LogP contribution in [0.1, 0.15) is 16.7 Å². The van der Waals surface area contributed by atoms with E-state index in [-0.39, 0.29) is 0 Å². The lowest BCUT2D eigenvalue weighted by Crippen LogP contribution is -2.19. The number of rotatable bonds is 4. The zero-order valence-electron chi connectivity index (χ0n) is 15.0. The van der Waals surface area contributed by atoms with Crippen molar-refractivity contribution in [1.29, 1.82) is 0 Å². The van der Waals surface area contributed by atoms with Crippen molar-refractivity contribution in [1.82, 2.24) is 10.4 Å². The van der Waals surface area contributed by atoms with E-state index in [0.29, 0.717) is 5.84 Å². The largest absolute Gasteiger partial charge is 0.497 e. The molecule has 1 aromatic heterocycles. The Morgan fingerprint density at radius 2 is 1.48 bits per heavy atom. The maximum Gasteiger partial charge on any atom is 0.154 e. The Hall–Kier alpha value is -3.67. The van der Waals surface area contributed by atoms with Crippen molar-refractivity contribution in [2.75, 3.05) is 14.2 Å². The van der Waals surface area contributed by atoms with Gasteiger partial charge in [-0.1, -0.05) is 0 Å². The average molecular weight is 358 g/mol. The van der Waals surface area contributed by atoms with Gasteiger partial charge in [-0.2, -0.15) is 5.10 Å². The lowest BCUT2D eigenvalue weighted by atomic mass is 10.0. The first-order valence-electron chi connectivity index (χ1n) is 8.44. The molecule has 0 bridgehead atoms. The second-order valence-corrected chi connectivity index (χ2v) is 5.88. The van der Waals surface area contributed by atoms with Crippen LogP contribution in [-0.2, 0) is 0 Å². The second-order valence-electron chi connectivity index (χ2n) is 5.88. The average Bonchev–Trinajstić information content (AvgIpc) is 2.93. The molecule has 0 fully saturated rings. The molecule has 1 N–H and O–H groups in total. The quantitative estimate of drug-likeness (QED) is 0.775. The van der Waals surface area contributed by atoms with Crippen molar-refractivity contribution in [2.45, 2.75) is 0 Å². The standard InChI is InChI=1S/C21H18N4O2/c1-26-16-5-3-15(4-6-16)21-23-19-8-7-17(27-2)13-18(19)20(24-25-21)14-9-11-22-12-10-14/h3-13H,1-2H3,(H,23,25). The van der Waals surface area contributed by atoms with E-state index >= 15 is 0 Å². The topological polar surface area (TPSA) is 68.1 Å². The molecule has 0 radical (unpaired) electrons. The van der Waals surface area contributed by atoms with Gasteiger partial charge < -0.3 is 9.47 Å². The number of benzene rings is 2. The summed E-state index contributed by atoms with van der Waals surface area (Å²) in [5.74, 6) is 2.20. The van der Waals surface area contributed by atoms with Crippen molar-refractivity contribution < 1.29 is 9.47 Å². The van der Waals surface area contributed by atoms with Gasteiger partial charge in [0, 0.05) is 29.1 Å². The van der Waals surface area contributed by atoms with Crippen molar-refractivity contribution in [3.05, 3.63) is 83.7 Å². The zero-order chi connectivity index (χ0) is 18.6. The van der Waals surface area contributed by atoms with E-state index in [4.69, 9.17) is 14.5 Å². The summed E-state index contributed by atoms with van der Waals surface area (Å²) in [6.45, 7) is 0. The number of hydrazone groups is 1. The Kier molecular flexibility index (Phi) is 4.53. The Balaban J connectivity index is 1.83. The molecule has 3 aromatic rings. The van der Waals surface area contributed by atoms with Gasteiger partial charge in [0.05, 0.1) is 19.9 Å². The predicted octanol–water partition coefficient (Wildman–Crippen LogP) is 3.53. The molecule has 0 unspecified atom stereocenters. The highest BCUT2D eigenvalue weighted by Crippen LogP contribution is 2.29. The first-order valence-corrected chi connectivity index (χ1v) is 8.44. The number of fused-ring (bicyclic) bond motifs is 1. The molecule has 1 aliphatic heterocycles. The monoisotopic (exact) mass is 358 g/mol. The molecule has 27 heavy (non-hydrogen) atoms. The summed E-state index contributed by atoms with van der Waals surface area (Å²) in [5, 5.41) is 4.63. The molecule has 0 saturated carbocycles. The summed E-state index contributed by atoms with van der Waals surface area (Å²) in [6.07, 6.45) is 3.49. The number of ether oxygens (including phenoxy) is 2. The number of hydrogen-bond donors (Lipinski definition) is 1. The molecule has 4 rings (SSSR count). The Morgan fingerprint density at radius 3 is 2.19 bits per heavy atom. The molecule has 2 heterocycles. The highest BCUT2D eigenvalue weighted by atomic mass is 16.5. The number of aliphatic imine (C=N–C) groups is 1. The molecule has 134 valence electrons. The summed E-state index contributed by atoms with van der Waals surface area (Å²) in [7, 11) is 3.29. The van der Waals surface area contributed by atoms with E-state index < -0.39 is 0 Å². The van der Waals surface area contributed by atoms with Gasteiger partial charge in [-0.3, -0.25) is 10.4 Å². The van der Waals surface area contributed by atoms with Crippen molar-refractivity contribution in [3.63, 3.8) is 0 Å². The number of pyridine rings is 1. The summed E-state index contributed by atoms with van der Waals surface area (Å²) < 4.78 is 10.6. The van der Waals surface area contributed by atoms with Crippen LogP contribution in [0.25, 0.3) is 0 Å². The minimum absolute atomic E-state index is 0.660. The Morgan fingerprint density at radius 1 is 0.778 bits per heavy atom. The summed E-state index contributed by atoms with van der Waals surface area (Å²) >= 11 is 0.